The van der Waals surface area contributed by atoms with Gasteiger partial charge in [-0.25, -0.2) is 0 Å². The molecular formula is C15H21N3O2. The van der Waals surface area contributed by atoms with Gasteiger partial charge >= 0.3 is 0 Å². The summed E-state index contributed by atoms with van der Waals surface area (Å²) in [6.45, 7) is 3.93. The van der Waals surface area contributed by atoms with Gasteiger partial charge in [0.1, 0.15) is 0 Å². The molecule has 0 bridgehead atoms. The molecule has 1 aromatic rings. The molecule has 0 aromatic heterocycles. The molecule has 0 unspecified atom stereocenters. The van der Waals surface area contributed by atoms with E-state index in [1.807, 2.05) is 29.2 Å². The maximum Gasteiger partial charge on any atom is 0.224 e. The van der Waals surface area contributed by atoms with Gasteiger partial charge in [-0.05, 0) is 37.1 Å². The third kappa shape index (κ3) is 4.26. The van der Waals surface area contributed by atoms with E-state index in [-0.39, 0.29) is 11.8 Å². The van der Waals surface area contributed by atoms with Crippen LogP contribution in [0.3, 0.4) is 0 Å². The van der Waals surface area contributed by atoms with Crippen molar-refractivity contribution in [3.05, 3.63) is 24.3 Å². The predicted molar refractivity (Wildman–Crippen MR) is 79.7 cm³/mol. The molecule has 0 atom stereocenters. The molecule has 108 valence electrons. The number of carbonyl (C=O) groups is 2. The molecule has 2 rings (SSSR count). The Labute approximate surface area is 119 Å². The van der Waals surface area contributed by atoms with Crippen molar-refractivity contribution in [3.63, 3.8) is 0 Å². The molecule has 5 nitrogen and oxygen atoms in total. The number of hydrogen-bond acceptors (Lipinski definition) is 3. The molecule has 0 radical (unpaired) electrons. The summed E-state index contributed by atoms with van der Waals surface area (Å²) in [4.78, 5) is 24.7. The minimum atomic E-state index is -0.0816. The van der Waals surface area contributed by atoms with Crippen molar-refractivity contribution < 1.29 is 9.59 Å². The van der Waals surface area contributed by atoms with Crippen molar-refractivity contribution in [2.24, 2.45) is 0 Å². The van der Waals surface area contributed by atoms with E-state index in [1.54, 1.807) is 0 Å². The number of likely N-dealkylation sites (tertiary alicyclic amines) is 1. The first kappa shape index (κ1) is 14.4. The van der Waals surface area contributed by atoms with Crippen molar-refractivity contribution in [1.29, 1.82) is 0 Å². The first-order valence-corrected chi connectivity index (χ1v) is 7.04. The zero-order valence-electron chi connectivity index (χ0n) is 11.8. The zero-order chi connectivity index (χ0) is 14.4. The van der Waals surface area contributed by atoms with E-state index in [2.05, 4.69) is 10.6 Å². The Morgan fingerprint density at radius 1 is 1.10 bits per heavy atom. The Morgan fingerprint density at radius 2 is 1.70 bits per heavy atom. The number of benzene rings is 1. The average Bonchev–Trinajstić information content (AvgIpc) is 2.94. The van der Waals surface area contributed by atoms with Crippen LogP contribution in [0.5, 0.6) is 0 Å². The zero-order valence-corrected chi connectivity index (χ0v) is 11.8. The van der Waals surface area contributed by atoms with Crippen LogP contribution in [0.25, 0.3) is 0 Å². The van der Waals surface area contributed by atoms with Crippen LogP contribution in [0.1, 0.15) is 26.2 Å². The number of rotatable bonds is 5. The molecule has 0 saturated carbocycles. The highest BCUT2D eigenvalue weighted by Crippen LogP contribution is 2.14. The van der Waals surface area contributed by atoms with Gasteiger partial charge in [0.25, 0.3) is 0 Å². The number of amides is 2. The lowest BCUT2D eigenvalue weighted by molar-refractivity contribution is -0.129. The molecule has 1 heterocycles. The number of anilines is 2. The minimum Gasteiger partial charge on any atom is -0.385 e. The largest absolute Gasteiger partial charge is 0.385 e. The summed E-state index contributed by atoms with van der Waals surface area (Å²) >= 11 is 0. The van der Waals surface area contributed by atoms with Crippen molar-refractivity contribution >= 4 is 23.2 Å². The summed E-state index contributed by atoms with van der Waals surface area (Å²) in [6.07, 6.45) is 2.78. The minimum absolute atomic E-state index is 0.0816. The summed E-state index contributed by atoms with van der Waals surface area (Å²) in [6, 6.07) is 7.47. The summed E-state index contributed by atoms with van der Waals surface area (Å²) in [5, 5.41) is 5.94. The summed E-state index contributed by atoms with van der Waals surface area (Å²) in [5.74, 6) is 0.145. The van der Waals surface area contributed by atoms with Crippen molar-refractivity contribution in [3.8, 4) is 0 Å². The second-order valence-electron chi connectivity index (χ2n) is 5.02. The first-order chi connectivity index (χ1) is 9.65. The van der Waals surface area contributed by atoms with Gasteiger partial charge < -0.3 is 15.5 Å². The number of nitrogens with zero attached hydrogens (tertiary/aromatic N) is 1. The summed E-state index contributed by atoms with van der Waals surface area (Å²) < 4.78 is 0. The Morgan fingerprint density at radius 3 is 2.30 bits per heavy atom. The molecule has 1 aromatic carbocycles. The van der Waals surface area contributed by atoms with Crippen LogP contribution in [0.2, 0.25) is 0 Å². The van der Waals surface area contributed by atoms with Crippen LogP contribution < -0.4 is 10.6 Å². The molecule has 1 aliphatic rings. The molecule has 2 amide bonds. The van der Waals surface area contributed by atoms with Crippen LogP contribution in [-0.2, 0) is 9.59 Å². The Balaban J connectivity index is 1.73. The van der Waals surface area contributed by atoms with Crippen LogP contribution in [0.4, 0.5) is 11.4 Å². The Hall–Kier alpha value is -2.04. The fourth-order valence-electron chi connectivity index (χ4n) is 2.31. The van der Waals surface area contributed by atoms with Gasteiger partial charge in [-0.2, -0.15) is 0 Å². The van der Waals surface area contributed by atoms with Crippen LogP contribution >= 0.6 is 0 Å². The van der Waals surface area contributed by atoms with Gasteiger partial charge in [0.15, 0.2) is 0 Å². The van der Waals surface area contributed by atoms with Gasteiger partial charge in [0, 0.05) is 44.4 Å². The van der Waals surface area contributed by atoms with Crippen LogP contribution in [-0.4, -0.2) is 36.3 Å². The molecule has 0 aliphatic carbocycles. The van der Waals surface area contributed by atoms with Crippen molar-refractivity contribution in [2.75, 3.05) is 30.3 Å². The van der Waals surface area contributed by atoms with Crippen molar-refractivity contribution in [2.45, 2.75) is 26.2 Å². The molecule has 2 N–H and O–H groups in total. The highest BCUT2D eigenvalue weighted by Gasteiger charge is 2.16. The molecule has 0 spiro atoms. The normalized spacial score (nSPS) is 14.2. The Kier molecular flexibility index (Phi) is 4.98. The lowest BCUT2D eigenvalue weighted by Crippen LogP contribution is -2.29. The topological polar surface area (TPSA) is 61.4 Å². The van der Waals surface area contributed by atoms with E-state index in [0.29, 0.717) is 13.0 Å². The SMILES string of the molecule is CC(=O)Nc1ccc(NCCC(=O)N2CCCC2)cc1. The number of nitrogens with one attached hydrogen (secondary N) is 2. The van der Waals surface area contributed by atoms with E-state index in [1.165, 1.54) is 6.92 Å². The van der Waals surface area contributed by atoms with E-state index in [0.717, 1.165) is 37.3 Å². The maximum atomic E-state index is 11.8. The number of carbonyl (C=O) groups excluding carboxylic acids is 2. The number of hydrogen-bond donors (Lipinski definition) is 2. The third-order valence-electron chi connectivity index (χ3n) is 3.33. The van der Waals surface area contributed by atoms with E-state index in [4.69, 9.17) is 0 Å². The van der Waals surface area contributed by atoms with Gasteiger partial charge in [0.2, 0.25) is 11.8 Å². The predicted octanol–water partition coefficient (Wildman–Crippen LogP) is 2.07. The molecular weight excluding hydrogens is 254 g/mol. The van der Waals surface area contributed by atoms with Gasteiger partial charge in [-0.3, -0.25) is 9.59 Å². The molecule has 1 fully saturated rings. The van der Waals surface area contributed by atoms with Gasteiger partial charge in [0.05, 0.1) is 0 Å². The summed E-state index contributed by atoms with van der Waals surface area (Å²) in [5.41, 5.74) is 1.73. The van der Waals surface area contributed by atoms with Gasteiger partial charge in [-0.15, -0.1) is 0 Å². The fraction of sp³-hybridized carbons (Fsp3) is 0.467. The lowest BCUT2D eigenvalue weighted by atomic mass is 10.2. The van der Waals surface area contributed by atoms with Crippen LogP contribution in [0, 0.1) is 0 Å². The monoisotopic (exact) mass is 275 g/mol. The van der Waals surface area contributed by atoms with E-state index >= 15 is 0 Å². The second kappa shape index (κ2) is 6.93. The molecule has 5 heteroatoms. The highest BCUT2D eigenvalue weighted by atomic mass is 16.2. The molecule has 1 saturated heterocycles. The quantitative estimate of drug-likeness (QED) is 0.864. The lowest BCUT2D eigenvalue weighted by Gasteiger charge is -2.15. The summed E-state index contributed by atoms with van der Waals surface area (Å²) in [7, 11) is 0. The van der Waals surface area contributed by atoms with E-state index < -0.39 is 0 Å². The van der Waals surface area contributed by atoms with Crippen LogP contribution in [0.15, 0.2) is 24.3 Å². The van der Waals surface area contributed by atoms with Gasteiger partial charge in [-0.1, -0.05) is 0 Å². The third-order valence-corrected chi connectivity index (χ3v) is 3.33. The smallest absolute Gasteiger partial charge is 0.224 e. The van der Waals surface area contributed by atoms with Crippen molar-refractivity contribution in [1.82, 2.24) is 4.90 Å². The maximum absolute atomic E-state index is 11.8. The first-order valence-electron chi connectivity index (χ1n) is 7.04. The second-order valence-corrected chi connectivity index (χ2v) is 5.02. The Bertz CT molecular complexity index is 465. The fourth-order valence-corrected chi connectivity index (χ4v) is 2.31. The standard InChI is InChI=1S/C15H21N3O2/c1-12(19)17-14-6-4-13(5-7-14)16-9-8-15(20)18-10-2-3-11-18/h4-7,16H,2-3,8-11H2,1H3,(H,17,19). The average molecular weight is 275 g/mol. The highest BCUT2D eigenvalue weighted by molar-refractivity contribution is 5.88. The molecule has 1 aliphatic heterocycles. The molecule has 20 heavy (non-hydrogen) atoms. The van der Waals surface area contributed by atoms with E-state index in [9.17, 15) is 9.59 Å².